The Morgan fingerprint density at radius 1 is 1.22 bits per heavy atom. The number of hydrogen-bond donors (Lipinski definition) is 1. The summed E-state index contributed by atoms with van der Waals surface area (Å²) in [6.45, 7) is 6.09. The minimum Gasteiger partial charge on any atom is -0.337 e. The normalized spacial score (nSPS) is 13.6. The lowest BCUT2D eigenvalue weighted by atomic mass is 9.87. The third-order valence-corrected chi connectivity index (χ3v) is 3.00. The fraction of sp³-hybridized carbons (Fsp3) is 0.385. The molecule has 1 atom stereocenters. The van der Waals surface area contributed by atoms with Gasteiger partial charge >= 0.3 is 0 Å². The summed E-state index contributed by atoms with van der Waals surface area (Å²) >= 11 is 5.83. The highest BCUT2D eigenvalue weighted by molar-refractivity contribution is 6.30. The van der Waals surface area contributed by atoms with E-state index in [-0.39, 0.29) is 11.5 Å². The molecule has 1 aromatic carbocycles. The van der Waals surface area contributed by atoms with Gasteiger partial charge in [-0.25, -0.2) is 0 Å². The average Bonchev–Trinajstić information content (AvgIpc) is 2.77. The SMILES string of the molecule is CC(C)(C)[C@H](N)c1nc(-c2ccc(Cl)cc2)no1. The first-order valence-electron chi connectivity index (χ1n) is 5.73. The highest BCUT2D eigenvalue weighted by Gasteiger charge is 2.27. The van der Waals surface area contributed by atoms with Crippen LogP contribution >= 0.6 is 11.6 Å². The van der Waals surface area contributed by atoms with Crippen molar-refractivity contribution in [1.29, 1.82) is 0 Å². The highest BCUT2D eigenvalue weighted by Crippen LogP contribution is 2.30. The molecule has 0 saturated carbocycles. The van der Waals surface area contributed by atoms with E-state index < -0.39 is 0 Å². The first-order valence-corrected chi connectivity index (χ1v) is 6.11. The quantitative estimate of drug-likeness (QED) is 0.903. The first-order chi connectivity index (χ1) is 8.38. The summed E-state index contributed by atoms with van der Waals surface area (Å²) < 4.78 is 5.22. The van der Waals surface area contributed by atoms with Gasteiger partial charge in [-0.05, 0) is 29.7 Å². The maximum atomic E-state index is 6.07. The summed E-state index contributed by atoms with van der Waals surface area (Å²) in [5.41, 5.74) is 6.81. The number of nitrogens with two attached hydrogens (primary N) is 1. The van der Waals surface area contributed by atoms with Crippen LogP contribution in [-0.4, -0.2) is 10.1 Å². The Labute approximate surface area is 111 Å². The number of halogens is 1. The van der Waals surface area contributed by atoms with Crippen molar-refractivity contribution in [2.45, 2.75) is 26.8 Å². The average molecular weight is 266 g/mol. The van der Waals surface area contributed by atoms with Gasteiger partial charge in [0.15, 0.2) is 0 Å². The molecule has 1 aromatic heterocycles. The summed E-state index contributed by atoms with van der Waals surface area (Å²) in [5.74, 6) is 0.980. The van der Waals surface area contributed by atoms with E-state index in [4.69, 9.17) is 21.9 Å². The lowest BCUT2D eigenvalue weighted by Crippen LogP contribution is -2.26. The maximum absolute atomic E-state index is 6.07. The predicted molar refractivity (Wildman–Crippen MR) is 71.1 cm³/mol. The van der Waals surface area contributed by atoms with Crippen LogP contribution in [-0.2, 0) is 0 Å². The lowest BCUT2D eigenvalue weighted by molar-refractivity contribution is 0.253. The zero-order valence-corrected chi connectivity index (χ0v) is 11.4. The Balaban J connectivity index is 2.28. The van der Waals surface area contributed by atoms with Crippen LogP contribution in [0.3, 0.4) is 0 Å². The van der Waals surface area contributed by atoms with E-state index in [0.717, 1.165) is 5.56 Å². The predicted octanol–water partition coefficient (Wildman–Crippen LogP) is 3.44. The van der Waals surface area contributed by atoms with Gasteiger partial charge in [0.25, 0.3) is 0 Å². The van der Waals surface area contributed by atoms with Gasteiger partial charge in [-0.3, -0.25) is 0 Å². The largest absolute Gasteiger partial charge is 0.337 e. The van der Waals surface area contributed by atoms with Crippen LogP contribution in [0.2, 0.25) is 5.02 Å². The van der Waals surface area contributed by atoms with E-state index in [9.17, 15) is 0 Å². The van der Waals surface area contributed by atoms with Crippen LogP contribution in [0, 0.1) is 5.41 Å². The lowest BCUT2D eigenvalue weighted by Gasteiger charge is -2.23. The molecule has 0 bridgehead atoms. The van der Waals surface area contributed by atoms with Gasteiger partial charge in [0.2, 0.25) is 11.7 Å². The molecule has 0 saturated heterocycles. The molecule has 0 aliphatic heterocycles. The monoisotopic (exact) mass is 265 g/mol. The molecule has 2 N–H and O–H groups in total. The van der Waals surface area contributed by atoms with E-state index in [1.165, 1.54) is 0 Å². The summed E-state index contributed by atoms with van der Waals surface area (Å²) in [5, 5.41) is 4.62. The van der Waals surface area contributed by atoms with Crippen molar-refractivity contribution in [3.63, 3.8) is 0 Å². The third kappa shape index (κ3) is 2.71. The van der Waals surface area contributed by atoms with Gasteiger partial charge in [0.1, 0.15) is 0 Å². The molecule has 1 heterocycles. The van der Waals surface area contributed by atoms with Crippen molar-refractivity contribution in [3.05, 3.63) is 35.2 Å². The van der Waals surface area contributed by atoms with Crippen LogP contribution in [0.25, 0.3) is 11.4 Å². The van der Waals surface area contributed by atoms with E-state index in [1.807, 2.05) is 32.9 Å². The van der Waals surface area contributed by atoms with E-state index in [2.05, 4.69) is 10.1 Å². The molecule has 18 heavy (non-hydrogen) atoms. The molecule has 2 rings (SSSR count). The summed E-state index contributed by atoms with van der Waals surface area (Å²) in [6.07, 6.45) is 0. The minimum absolute atomic E-state index is 0.121. The highest BCUT2D eigenvalue weighted by atomic mass is 35.5. The Morgan fingerprint density at radius 3 is 2.39 bits per heavy atom. The molecule has 0 aliphatic carbocycles. The van der Waals surface area contributed by atoms with Crippen molar-refractivity contribution in [1.82, 2.24) is 10.1 Å². The van der Waals surface area contributed by atoms with E-state index in [0.29, 0.717) is 16.7 Å². The van der Waals surface area contributed by atoms with Gasteiger partial charge in [-0.2, -0.15) is 4.98 Å². The number of benzene rings is 1. The van der Waals surface area contributed by atoms with Crippen molar-refractivity contribution >= 4 is 11.6 Å². The number of nitrogens with zero attached hydrogens (tertiary/aromatic N) is 2. The van der Waals surface area contributed by atoms with E-state index in [1.54, 1.807) is 12.1 Å². The first kappa shape index (κ1) is 13.1. The molecule has 4 nitrogen and oxygen atoms in total. The fourth-order valence-corrected chi connectivity index (χ4v) is 1.57. The molecule has 2 aromatic rings. The molecule has 96 valence electrons. The van der Waals surface area contributed by atoms with Crippen LogP contribution in [0.1, 0.15) is 32.7 Å². The van der Waals surface area contributed by atoms with E-state index >= 15 is 0 Å². The van der Waals surface area contributed by atoms with Crippen molar-refractivity contribution in [2.24, 2.45) is 11.1 Å². The van der Waals surface area contributed by atoms with Crippen molar-refractivity contribution in [2.75, 3.05) is 0 Å². The van der Waals surface area contributed by atoms with Crippen LogP contribution < -0.4 is 5.73 Å². The zero-order chi connectivity index (χ0) is 13.3. The molecule has 0 aliphatic rings. The van der Waals surface area contributed by atoms with Gasteiger partial charge in [-0.1, -0.05) is 37.5 Å². The molecule has 0 amide bonds. The van der Waals surface area contributed by atoms with Gasteiger partial charge in [0, 0.05) is 10.6 Å². The Morgan fingerprint density at radius 2 is 1.83 bits per heavy atom. The Hall–Kier alpha value is -1.39. The Bertz CT molecular complexity index is 528. The van der Waals surface area contributed by atoms with Crippen LogP contribution in [0.4, 0.5) is 0 Å². The van der Waals surface area contributed by atoms with Gasteiger partial charge in [0.05, 0.1) is 6.04 Å². The minimum atomic E-state index is -0.286. The number of aromatic nitrogens is 2. The van der Waals surface area contributed by atoms with Crippen LogP contribution in [0.5, 0.6) is 0 Å². The second-order valence-electron chi connectivity index (χ2n) is 5.31. The summed E-state index contributed by atoms with van der Waals surface area (Å²) in [6, 6.07) is 6.98. The zero-order valence-electron chi connectivity index (χ0n) is 10.6. The summed E-state index contributed by atoms with van der Waals surface area (Å²) in [7, 11) is 0. The maximum Gasteiger partial charge on any atom is 0.244 e. The molecule has 0 fully saturated rings. The molecular formula is C13H16ClN3O. The topological polar surface area (TPSA) is 64.9 Å². The molecule has 0 radical (unpaired) electrons. The number of rotatable bonds is 2. The van der Waals surface area contributed by atoms with Crippen molar-refractivity contribution in [3.8, 4) is 11.4 Å². The Kier molecular flexibility index (Phi) is 3.41. The molecule has 5 heteroatoms. The van der Waals surface area contributed by atoms with Gasteiger partial charge in [-0.15, -0.1) is 0 Å². The van der Waals surface area contributed by atoms with Crippen LogP contribution in [0.15, 0.2) is 28.8 Å². The molecule has 0 unspecified atom stereocenters. The van der Waals surface area contributed by atoms with Crippen molar-refractivity contribution < 1.29 is 4.52 Å². The number of hydrogen-bond acceptors (Lipinski definition) is 4. The van der Waals surface area contributed by atoms with Gasteiger partial charge < -0.3 is 10.3 Å². The second-order valence-corrected chi connectivity index (χ2v) is 5.74. The third-order valence-electron chi connectivity index (χ3n) is 2.74. The second kappa shape index (κ2) is 4.71. The smallest absolute Gasteiger partial charge is 0.244 e. The molecule has 0 spiro atoms. The standard InChI is InChI=1S/C13H16ClN3O/c1-13(2,3)10(15)12-16-11(17-18-12)8-4-6-9(14)7-5-8/h4-7,10H,15H2,1-3H3/t10-/m1/s1. The fourth-order valence-electron chi connectivity index (χ4n) is 1.45. The molecular weight excluding hydrogens is 250 g/mol. The summed E-state index contributed by atoms with van der Waals surface area (Å²) in [4.78, 5) is 4.33.